The number of nitrogens with one attached hydrogen (secondary N) is 1. The number of pyridine rings is 1. The maximum Gasteiger partial charge on any atom is 0.267 e. The maximum absolute atomic E-state index is 13.7. The lowest BCUT2D eigenvalue weighted by molar-refractivity contribution is -0.119. The van der Waals surface area contributed by atoms with Crippen molar-refractivity contribution in [2.75, 3.05) is 5.32 Å². The first kappa shape index (κ1) is 16.5. The maximum atomic E-state index is 13.7. The summed E-state index contributed by atoms with van der Waals surface area (Å²) in [5, 5.41) is 6.71. The van der Waals surface area contributed by atoms with E-state index in [-0.39, 0.29) is 5.69 Å². The highest BCUT2D eigenvalue weighted by molar-refractivity contribution is 5.93. The number of rotatable bonds is 4. The van der Waals surface area contributed by atoms with Crippen molar-refractivity contribution in [1.82, 2.24) is 14.8 Å². The van der Waals surface area contributed by atoms with Crippen LogP contribution in [0.2, 0.25) is 0 Å². The number of carbonyl (C=O) groups excluding carboxylic acids is 1. The van der Waals surface area contributed by atoms with Crippen molar-refractivity contribution >= 4 is 11.6 Å². The van der Waals surface area contributed by atoms with Gasteiger partial charge in [-0.05, 0) is 37.3 Å². The van der Waals surface area contributed by atoms with Crippen LogP contribution in [0.1, 0.15) is 13.0 Å². The van der Waals surface area contributed by atoms with Crippen molar-refractivity contribution < 1.29 is 9.18 Å². The summed E-state index contributed by atoms with van der Waals surface area (Å²) in [4.78, 5) is 28.5. The predicted molar refractivity (Wildman–Crippen MR) is 91.5 cm³/mol. The molecule has 0 aliphatic rings. The van der Waals surface area contributed by atoms with E-state index in [0.29, 0.717) is 5.69 Å². The Morgan fingerprint density at radius 2 is 1.96 bits per heavy atom. The molecule has 126 valence electrons. The molecule has 6 nitrogen and oxygen atoms in total. The van der Waals surface area contributed by atoms with E-state index < -0.39 is 23.3 Å². The summed E-state index contributed by atoms with van der Waals surface area (Å²) in [6.45, 7) is 1.53. The fourth-order valence-electron chi connectivity index (χ4n) is 2.28. The van der Waals surface area contributed by atoms with Gasteiger partial charge in [0.15, 0.2) is 0 Å². The number of para-hydroxylation sites is 1. The molecular weight excluding hydrogens is 323 g/mol. The van der Waals surface area contributed by atoms with E-state index in [4.69, 9.17) is 0 Å². The Balaban J connectivity index is 1.89. The van der Waals surface area contributed by atoms with Crippen molar-refractivity contribution in [3.63, 3.8) is 0 Å². The van der Waals surface area contributed by atoms with Gasteiger partial charge in [0.1, 0.15) is 11.9 Å². The molecule has 2 aromatic heterocycles. The predicted octanol–water partition coefficient (Wildman–Crippen LogP) is 2.64. The van der Waals surface area contributed by atoms with Crippen LogP contribution in [0.15, 0.2) is 65.7 Å². The monoisotopic (exact) mass is 338 g/mol. The largest absolute Gasteiger partial charge is 0.322 e. The second-order valence-electron chi connectivity index (χ2n) is 5.39. The van der Waals surface area contributed by atoms with Gasteiger partial charge in [-0.25, -0.2) is 9.07 Å². The van der Waals surface area contributed by atoms with Gasteiger partial charge in [0.25, 0.3) is 5.56 Å². The van der Waals surface area contributed by atoms with Crippen molar-refractivity contribution in [1.29, 1.82) is 0 Å². The molecule has 1 N–H and O–H groups in total. The van der Waals surface area contributed by atoms with Crippen LogP contribution in [0.5, 0.6) is 0 Å². The van der Waals surface area contributed by atoms with E-state index in [1.165, 1.54) is 31.2 Å². The molecule has 0 saturated heterocycles. The lowest BCUT2D eigenvalue weighted by atomic mass is 10.2. The highest BCUT2D eigenvalue weighted by Crippen LogP contribution is 2.16. The smallest absolute Gasteiger partial charge is 0.267 e. The molecule has 1 aromatic carbocycles. The molecule has 0 radical (unpaired) electrons. The summed E-state index contributed by atoms with van der Waals surface area (Å²) >= 11 is 0. The van der Waals surface area contributed by atoms with E-state index in [1.54, 1.807) is 36.7 Å². The minimum absolute atomic E-state index is 0.0517. The van der Waals surface area contributed by atoms with Crippen molar-refractivity contribution in [3.8, 4) is 11.3 Å². The summed E-state index contributed by atoms with van der Waals surface area (Å²) in [7, 11) is 0. The first-order valence-corrected chi connectivity index (χ1v) is 7.62. The lowest BCUT2D eigenvalue weighted by Crippen LogP contribution is -2.33. The summed E-state index contributed by atoms with van der Waals surface area (Å²) in [6, 6.07) is 11.4. The molecule has 2 heterocycles. The second-order valence-corrected chi connectivity index (χ2v) is 5.39. The van der Waals surface area contributed by atoms with Crippen molar-refractivity contribution in [3.05, 3.63) is 77.1 Å². The number of amides is 1. The Labute approximate surface area is 143 Å². The topological polar surface area (TPSA) is 76.9 Å². The third kappa shape index (κ3) is 3.60. The molecule has 3 rings (SSSR count). The Morgan fingerprint density at radius 3 is 2.68 bits per heavy atom. The number of halogens is 1. The number of hydrogen-bond acceptors (Lipinski definition) is 4. The highest BCUT2D eigenvalue weighted by Gasteiger charge is 2.19. The van der Waals surface area contributed by atoms with Gasteiger partial charge in [-0.1, -0.05) is 12.1 Å². The third-order valence-electron chi connectivity index (χ3n) is 3.66. The van der Waals surface area contributed by atoms with Gasteiger partial charge in [0.2, 0.25) is 5.91 Å². The van der Waals surface area contributed by atoms with E-state index in [9.17, 15) is 14.0 Å². The SMILES string of the molecule is CC(C(=O)Nc1ccccc1F)n1nc(-c2cccnc2)ccc1=O. The minimum atomic E-state index is -0.913. The molecule has 25 heavy (non-hydrogen) atoms. The molecule has 1 atom stereocenters. The van der Waals surface area contributed by atoms with Gasteiger partial charge in [0, 0.05) is 24.0 Å². The zero-order chi connectivity index (χ0) is 17.8. The third-order valence-corrected chi connectivity index (χ3v) is 3.66. The standard InChI is InChI=1S/C18H15FN4O2/c1-12(18(25)21-16-7-3-2-6-14(16)19)23-17(24)9-8-15(22-23)13-5-4-10-20-11-13/h2-12H,1H3,(H,21,25). The van der Waals surface area contributed by atoms with Gasteiger partial charge < -0.3 is 5.32 Å². The normalized spacial score (nSPS) is 11.8. The van der Waals surface area contributed by atoms with Crippen LogP contribution >= 0.6 is 0 Å². The average molecular weight is 338 g/mol. The number of nitrogens with zero attached hydrogens (tertiary/aromatic N) is 3. The van der Waals surface area contributed by atoms with Crippen LogP contribution in [0.25, 0.3) is 11.3 Å². The summed E-state index contributed by atoms with van der Waals surface area (Å²) in [5.74, 6) is -1.09. The quantitative estimate of drug-likeness (QED) is 0.793. The number of hydrogen-bond donors (Lipinski definition) is 1. The number of anilines is 1. The Hall–Kier alpha value is -3.35. The molecule has 0 fully saturated rings. The lowest BCUT2D eigenvalue weighted by Gasteiger charge is -2.15. The van der Waals surface area contributed by atoms with Crippen LogP contribution in [-0.2, 0) is 4.79 Å². The van der Waals surface area contributed by atoms with E-state index in [1.807, 2.05) is 0 Å². The molecule has 1 unspecified atom stereocenters. The zero-order valence-corrected chi connectivity index (χ0v) is 13.4. The molecule has 1 amide bonds. The number of benzene rings is 1. The van der Waals surface area contributed by atoms with Crippen LogP contribution < -0.4 is 10.9 Å². The molecule has 0 aliphatic heterocycles. The van der Waals surface area contributed by atoms with Crippen LogP contribution in [0.3, 0.4) is 0 Å². The number of aromatic nitrogens is 3. The Kier molecular flexibility index (Phi) is 4.65. The fraction of sp³-hybridized carbons (Fsp3) is 0.111. The Bertz CT molecular complexity index is 957. The first-order chi connectivity index (χ1) is 12.1. The van der Waals surface area contributed by atoms with Gasteiger partial charge in [-0.15, -0.1) is 0 Å². The van der Waals surface area contributed by atoms with Crippen LogP contribution in [0, 0.1) is 5.82 Å². The number of carbonyl (C=O) groups is 1. The molecule has 0 bridgehead atoms. The highest BCUT2D eigenvalue weighted by atomic mass is 19.1. The molecule has 0 saturated carbocycles. The Morgan fingerprint density at radius 1 is 1.16 bits per heavy atom. The van der Waals surface area contributed by atoms with E-state index in [0.717, 1.165) is 10.2 Å². The fourth-order valence-corrected chi connectivity index (χ4v) is 2.28. The molecule has 7 heteroatoms. The van der Waals surface area contributed by atoms with Gasteiger partial charge in [-0.3, -0.25) is 14.6 Å². The summed E-state index contributed by atoms with van der Waals surface area (Å²) in [5.41, 5.74) is 0.857. The van der Waals surface area contributed by atoms with E-state index in [2.05, 4.69) is 15.4 Å². The average Bonchev–Trinajstić information content (AvgIpc) is 2.64. The first-order valence-electron chi connectivity index (χ1n) is 7.62. The molecule has 3 aromatic rings. The van der Waals surface area contributed by atoms with Crippen LogP contribution in [-0.4, -0.2) is 20.7 Å². The van der Waals surface area contributed by atoms with Crippen molar-refractivity contribution in [2.45, 2.75) is 13.0 Å². The molecule has 0 spiro atoms. The van der Waals surface area contributed by atoms with Gasteiger partial charge >= 0.3 is 0 Å². The second kappa shape index (κ2) is 7.04. The minimum Gasteiger partial charge on any atom is -0.322 e. The van der Waals surface area contributed by atoms with Crippen molar-refractivity contribution in [2.24, 2.45) is 0 Å². The van der Waals surface area contributed by atoms with Gasteiger partial charge in [0.05, 0.1) is 11.4 Å². The zero-order valence-electron chi connectivity index (χ0n) is 13.4. The molecular formula is C18H15FN4O2. The van der Waals surface area contributed by atoms with Crippen LogP contribution in [0.4, 0.5) is 10.1 Å². The summed E-state index contributed by atoms with van der Waals surface area (Å²) < 4.78 is 14.7. The molecule has 0 aliphatic carbocycles. The van der Waals surface area contributed by atoms with E-state index >= 15 is 0 Å². The van der Waals surface area contributed by atoms with Gasteiger partial charge in [-0.2, -0.15) is 5.10 Å². The summed E-state index contributed by atoms with van der Waals surface area (Å²) in [6.07, 6.45) is 3.24.